The molecule has 0 aromatic heterocycles. The van der Waals surface area contributed by atoms with Gasteiger partial charge in [-0.2, -0.15) is 17.2 Å². The lowest BCUT2D eigenvalue weighted by molar-refractivity contribution is -0.0293. The fraction of sp³-hybridized carbons (Fsp3) is 0.600. The summed E-state index contributed by atoms with van der Waals surface area (Å²) >= 11 is 0. The first-order valence-corrected chi connectivity index (χ1v) is 8.13. The van der Waals surface area contributed by atoms with Crippen molar-refractivity contribution in [2.24, 2.45) is 0 Å². The molecule has 0 N–H and O–H groups in total. The second kappa shape index (κ2) is 5.53. The second-order valence-electron chi connectivity index (χ2n) is 7.29. The molecule has 22 heavy (non-hydrogen) atoms. The molecule has 0 aliphatic carbocycles. The number of rotatable bonds is 3. The van der Waals surface area contributed by atoms with E-state index in [-0.39, 0.29) is 11.0 Å². The van der Waals surface area contributed by atoms with Crippen molar-refractivity contribution in [3.05, 3.63) is 34.9 Å². The molecule has 1 aromatic rings. The van der Waals surface area contributed by atoms with E-state index in [1.54, 1.807) is 20.8 Å². The van der Waals surface area contributed by atoms with E-state index in [4.69, 9.17) is 0 Å². The van der Waals surface area contributed by atoms with Gasteiger partial charge in [0, 0.05) is 5.56 Å². The number of alkyl halides is 2. The molecule has 0 heterocycles. The van der Waals surface area contributed by atoms with Gasteiger partial charge in [0.25, 0.3) is 0 Å². The van der Waals surface area contributed by atoms with Crippen LogP contribution in [0.25, 0.3) is 0 Å². The van der Waals surface area contributed by atoms with E-state index < -0.39 is 26.4 Å². The zero-order chi connectivity index (χ0) is 17.6. The Bertz CT molecular complexity index is 654. The molecular formula is C15H21F3O3S. The zero-order valence-electron chi connectivity index (χ0n) is 13.5. The predicted molar refractivity (Wildman–Crippen MR) is 78.8 cm³/mol. The van der Waals surface area contributed by atoms with Crippen molar-refractivity contribution in [3.63, 3.8) is 0 Å². The minimum Gasteiger partial charge on any atom is -0.190 e. The standard InChI is InChI=1S/C15H21F3O3S/c1-13(2,3)10-7-8-11(12(9-10)14(4,5)6)15(16,17)22(19,20)21-18/h7-9H,1-6H3. The molecule has 0 saturated carbocycles. The van der Waals surface area contributed by atoms with E-state index >= 15 is 0 Å². The van der Waals surface area contributed by atoms with Crippen molar-refractivity contribution in [2.45, 2.75) is 57.6 Å². The molecule has 1 aromatic carbocycles. The van der Waals surface area contributed by atoms with Gasteiger partial charge in [0.1, 0.15) is 0 Å². The highest BCUT2D eigenvalue weighted by Gasteiger charge is 2.51. The molecule has 0 fully saturated rings. The van der Waals surface area contributed by atoms with E-state index in [2.05, 4.69) is 4.39 Å². The number of hydrogen-bond donors (Lipinski definition) is 0. The highest BCUT2D eigenvalue weighted by atomic mass is 32.2. The fourth-order valence-corrected chi connectivity index (χ4v) is 2.59. The first-order valence-electron chi connectivity index (χ1n) is 6.72. The summed E-state index contributed by atoms with van der Waals surface area (Å²) in [5.41, 5.74) is -0.929. The molecule has 0 spiro atoms. The van der Waals surface area contributed by atoms with E-state index in [9.17, 15) is 21.7 Å². The van der Waals surface area contributed by atoms with E-state index in [0.29, 0.717) is 0 Å². The lowest BCUT2D eigenvalue weighted by Gasteiger charge is -2.29. The first kappa shape index (κ1) is 19.0. The summed E-state index contributed by atoms with van der Waals surface area (Å²) in [6.45, 7) is 10.8. The van der Waals surface area contributed by atoms with Crippen LogP contribution < -0.4 is 0 Å². The van der Waals surface area contributed by atoms with E-state index in [0.717, 1.165) is 11.6 Å². The Hall–Kier alpha value is -1.08. The highest BCUT2D eigenvalue weighted by Crippen LogP contribution is 2.42. The third kappa shape index (κ3) is 3.46. The molecule has 0 bridgehead atoms. The first-order chi connectivity index (χ1) is 9.64. The van der Waals surface area contributed by atoms with Gasteiger partial charge in [-0.15, -0.1) is 0 Å². The van der Waals surface area contributed by atoms with Crippen LogP contribution >= 0.6 is 0 Å². The van der Waals surface area contributed by atoms with Gasteiger partial charge in [-0.25, -0.2) is 0 Å². The normalized spacial score (nSPS) is 14.2. The minimum atomic E-state index is -5.68. The molecule has 0 saturated heterocycles. The van der Waals surface area contributed by atoms with Crippen LogP contribution in [-0.2, 0) is 30.6 Å². The van der Waals surface area contributed by atoms with Gasteiger partial charge in [-0.05, 0) is 26.5 Å². The molecule has 0 amide bonds. The number of benzene rings is 1. The van der Waals surface area contributed by atoms with Crippen LogP contribution in [0.5, 0.6) is 0 Å². The lowest BCUT2D eigenvalue weighted by Crippen LogP contribution is -2.31. The molecule has 3 nitrogen and oxygen atoms in total. The van der Waals surface area contributed by atoms with Crippen LogP contribution in [0.2, 0.25) is 0 Å². The fourth-order valence-electron chi connectivity index (χ4n) is 2.06. The molecule has 0 unspecified atom stereocenters. The number of halogens is 3. The molecule has 0 aliphatic rings. The third-order valence-electron chi connectivity index (χ3n) is 3.40. The van der Waals surface area contributed by atoms with Crippen molar-refractivity contribution < 1.29 is 26.1 Å². The second-order valence-corrected chi connectivity index (χ2v) is 8.84. The summed E-state index contributed by atoms with van der Waals surface area (Å²) < 4.78 is 65.5. The van der Waals surface area contributed by atoms with Crippen molar-refractivity contribution in [3.8, 4) is 0 Å². The van der Waals surface area contributed by atoms with E-state index in [1.807, 2.05) is 20.8 Å². The zero-order valence-corrected chi connectivity index (χ0v) is 14.3. The van der Waals surface area contributed by atoms with E-state index in [1.165, 1.54) is 12.1 Å². The Morgan fingerprint density at radius 1 is 0.909 bits per heavy atom. The van der Waals surface area contributed by atoms with Crippen molar-refractivity contribution in [1.29, 1.82) is 0 Å². The van der Waals surface area contributed by atoms with Crippen LogP contribution in [0.15, 0.2) is 18.2 Å². The van der Waals surface area contributed by atoms with Gasteiger partial charge in [-0.3, -0.25) is 0 Å². The van der Waals surface area contributed by atoms with Crippen molar-refractivity contribution >= 4 is 10.1 Å². The largest absolute Gasteiger partial charge is 0.398 e. The summed E-state index contributed by atoms with van der Waals surface area (Å²) in [6.07, 6.45) is 0. The smallest absolute Gasteiger partial charge is 0.190 e. The Morgan fingerprint density at radius 3 is 1.77 bits per heavy atom. The molecule has 126 valence electrons. The molecular weight excluding hydrogens is 317 g/mol. The molecule has 7 heteroatoms. The summed E-state index contributed by atoms with van der Waals surface area (Å²) in [5.74, 6) is 0. The Morgan fingerprint density at radius 2 is 1.41 bits per heavy atom. The van der Waals surface area contributed by atoms with Crippen molar-refractivity contribution in [1.82, 2.24) is 0 Å². The van der Waals surface area contributed by atoms with Gasteiger partial charge < -0.3 is 0 Å². The lowest BCUT2D eigenvalue weighted by atomic mass is 9.78. The summed E-state index contributed by atoms with van der Waals surface area (Å²) in [4.78, 5) is 0. The van der Waals surface area contributed by atoms with Crippen LogP contribution in [-0.4, -0.2) is 8.42 Å². The Balaban J connectivity index is 3.70. The minimum absolute atomic E-state index is 0.130. The quantitative estimate of drug-likeness (QED) is 0.811. The predicted octanol–water partition coefficient (Wildman–Crippen LogP) is 4.56. The summed E-state index contributed by atoms with van der Waals surface area (Å²) in [7, 11) is -5.68. The average Bonchev–Trinajstić information content (AvgIpc) is 2.35. The SMILES string of the molecule is CC(C)(C)c1ccc(C(F)(F)S(=O)(=O)OF)c(C(C)(C)C)c1. The maximum Gasteiger partial charge on any atom is 0.398 e. The topological polar surface area (TPSA) is 43.4 Å². The molecule has 1 rings (SSSR count). The van der Waals surface area contributed by atoms with Crippen LogP contribution in [0.3, 0.4) is 0 Å². The monoisotopic (exact) mass is 338 g/mol. The molecule has 0 aliphatic heterocycles. The van der Waals surface area contributed by atoms with Crippen molar-refractivity contribution in [2.75, 3.05) is 0 Å². The summed E-state index contributed by atoms with van der Waals surface area (Å²) in [6, 6.07) is 3.99. The number of hydrogen-bond acceptors (Lipinski definition) is 3. The maximum absolute atomic E-state index is 14.2. The van der Waals surface area contributed by atoms with Crippen LogP contribution in [0, 0.1) is 0 Å². The maximum atomic E-state index is 14.2. The average molecular weight is 338 g/mol. The molecule has 0 atom stereocenters. The van der Waals surface area contributed by atoms with Crippen LogP contribution in [0.4, 0.5) is 13.3 Å². The summed E-state index contributed by atoms with van der Waals surface area (Å²) in [5, 5.41) is -4.47. The highest BCUT2D eigenvalue weighted by molar-refractivity contribution is 7.87. The van der Waals surface area contributed by atoms with Gasteiger partial charge in [0.05, 0.1) is 0 Å². The van der Waals surface area contributed by atoms with Gasteiger partial charge in [0.15, 0.2) is 0 Å². The van der Waals surface area contributed by atoms with Gasteiger partial charge in [-0.1, -0.05) is 64.1 Å². The van der Waals surface area contributed by atoms with Crippen LogP contribution in [0.1, 0.15) is 58.2 Å². The Labute approximate surface area is 129 Å². The molecule has 0 radical (unpaired) electrons. The third-order valence-corrected chi connectivity index (χ3v) is 4.42. The van der Waals surface area contributed by atoms with Gasteiger partial charge in [0.2, 0.25) is 0 Å². The van der Waals surface area contributed by atoms with Gasteiger partial charge >= 0.3 is 15.4 Å². The Kier molecular flexibility index (Phi) is 4.76.